The zero-order chi connectivity index (χ0) is 10.5. The summed E-state index contributed by atoms with van der Waals surface area (Å²) in [6.45, 7) is 0.693. The Morgan fingerprint density at radius 2 is 2.00 bits per heavy atom. The zero-order valence-electron chi connectivity index (χ0n) is 8.09. The molecule has 2 aromatic heterocycles. The minimum absolute atomic E-state index is 0.460. The van der Waals surface area contributed by atoms with E-state index in [9.17, 15) is 0 Å². The van der Waals surface area contributed by atoms with Gasteiger partial charge in [-0.1, -0.05) is 0 Å². The highest BCUT2D eigenvalue weighted by atomic mass is 15.0. The van der Waals surface area contributed by atoms with E-state index in [1.54, 1.807) is 18.5 Å². The normalized spacial score (nSPS) is 9.87. The molecule has 5 heteroatoms. The Bertz CT molecular complexity index is 429. The molecule has 0 saturated carbocycles. The van der Waals surface area contributed by atoms with Gasteiger partial charge in [0.2, 0.25) is 0 Å². The lowest BCUT2D eigenvalue weighted by Crippen LogP contribution is -2.02. The molecule has 0 unspecified atom stereocenters. The summed E-state index contributed by atoms with van der Waals surface area (Å²) in [6.07, 6.45) is 4.95. The standard InChI is InChI=1S/C10H11N5/c11-9-5-10(15-7-14-9)13-6-8-1-3-12-4-2-8/h1-5,7H,6H2,(H3,11,13,14,15). The van der Waals surface area contributed by atoms with Gasteiger partial charge in [0.1, 0.15) is 18.0 Å². The van der Waals surface area contributed by atoms with E-state index in [-0.39, 0.29) is 0 Å². The molecule has 0 aliphatic rings. The van der Waals surface area contributed by atoms with Gasteiger partial charge < -0.3 is 11.1 Å². The number of nitrogens with zero attached hydrogens (tertiary/aromatic N) is 3. The Kier molecular flexibility index (Phi) is 2.73. The molecule has 2 heterocycles. The van der Waals surface area contributed by atoms with E-state index < -0.39 is 0 Å². The number of rotatable bonds is 3. The third-order valence-electron chi connectivity index (χ3n) is 1.91. The van der Waals surface area contributed by atoms with E-state index in [2.05, 4.69) is 20.3 Å². The van der Waals surface area contributed by atoms with Crippen molar-refractivity contribution in [3.63, 3.8) is 0 Å². The van der Waals surface area contributed by atoms with Crippen LogP contribution in [0.3, 0.4) is 0 Å². The molecule has 0 fully saturated rings. The van der Waals surface area contributed by atoms with Crippen molar-refractivity contribution in [3.8, 4) is 0 Å². The second kappa shape index (κ2) is 4.36. The van der Waals surface area contributed by atoms with Gasteiger partial charge in [-0.25, -0.2) is 9.97 Å². The Labute approximate surface area is 87.4 Å². The minimum Gasteiger partial charge on any atom is -0.384 e. The molecule has 0 aromatic carbocycles. The van der Waals surface area contributed by atoms with Crippen LogP contribution in [0.5, 0.6) is 0 Å². The monoisotopic (exact) mass is 201 g/mol. The van der Waals surface area contributed by atoms with E-state index in [1.165, 1.54) is 6.33 Å². The quantitative estimate of drug-likeness (QED) is 0.776. The number of hydrogen-bond donors (Lipinski definition) is 2. The maximum Gasteiger partial charge on any atom is 0.131 e. The highest BCUT2D eigenvalue weighted by Gasteiger charge is 1.95. The molecule has 0 aliphatic heterocycles. The van der Waals surface area contributed by atoms with Crippen molar-refractivity contribution in [1.29, 1.82) is 0 Å². The van der Waals surface area contributed by atoms with Crippen molar-refractivity contribution in [2.45, 2.75) is 6.54 Å². The second-order valence-corrected chi connectivity index (χ2v) is 3.04. The van der Waals surface area contributed by atoms with E-state index in [1.807, 2.05) is 12.1 Å². The van der Waals surface area contributed by atoms with Crippen LogP contribution < -0.4 is 11.1 Å². The third kappa shape index (κ3) is 2.63. The summed E-state index contributed by atoms with van der Waals surface area (Å²) >= 11 is 0. The predicted octanol–water partition coefficient (Wildman–Crippen LogP) is 1.07. The smallest absolute Gasteiger partial charge is 0.131 e. The Balaban J connectivity index is 1.99. The number of nitrogen functional groups attached to an aromatic ring is 1. The van der Waals surface area contributed by atoms with Gasteiger partial charge in [-0.15, -0.1) is 0 Å². The largest absolute Gasteiger partial charge is 0.384 e. The molecule has 3 N–H and O–H groups in total. The van der Waals surface area contributed by atoms with Crippen LogP contribution in [0.4, 0.5) is 11.6 Å². The predicted molar refractivity (Wildman–Crippen MR) is 58.0 cm³/mol. The fourth-order valence-electron chi connectivity index (χ4n) is 1.16. The molecule has 0 atom stereocenters. The van der Waals surface area contributed by atoms with Gasteiger partial charge >= 0.3 is 0 Å². The molecule has 76 valence electrons. The van der Waals surface area contributed by atoms with Crippen molar-refractivity contribution in [1.82, 2.24) is 15.0 Å². The fourth-order valence-corrected chi connectivity index (χ4v) is 1.16. The molecule has 2 rings (SSSR count). The van der Waals surface area contributed by atoms with Crippen LogP contribution in [0, 0.1) is 0 Å². The van der Waals surface area contributed by atoms with E-state index in [0.29, 0.717) is 12.4 Å². The van der Waals surface area contributed by atoms with Crippen molar-refractivity contribution in [3.05, 3.63) is 42.5 Å². The minimum atomic E-state index is 0.460. The van der Waals surface area contributed by atoms with Gasteiger partial charge in [0.15, 0.2) is 0 Å². The molecule has 5 nitrogen and oxygen atoms in total. The van der Waals surface area contributed by atoms with Gasteiger partial charge in [-0.2, -0.15) is 0 Å². The first-order valence-electron chi connectivity index (χ1n) is 4.55. The van der Waals surface area contributed by atoms with Crippen LogP contribution in [0.25, 0.3) is 0 Å². The average molecular weight is 201 g/mol. The van der Waals surface area contributed by atoms with Crippen molar-refractivity contribution in [2.24, 2.45) is 0 Å². The zero-order valence-corrected chi connectivity index (χ0v) is 8.09. The number of nitrogens with one attached hydrogen (secondary N) is 1. The van der Waals surface area contributed by atoms with Gasteiger partial charge in [-0.3, -0.25) is 4.98 Å². The van der Waals surface area contributed by atoms with Crippen LogP contribution >= 0.6 is 0 Å². The first kappa shape index (κ1) is 9.39. The molecule has 0 saturated heterocycles. The van der Waals surface area contributed by atoms with Crippen LogP contribution in [0.15, 0.2) is 36.9 Å². The molecular weight excluding hydrogens is 190 g/mol. The van der Waals surface area contributed by atoms with E-state index >= 15 is 0 Å². The van der Waals surface area contributed by atoms with Crippen LogP contribution in [-0.4, -0.2) is 15.0 Å². The lowest BCUT2D eigenvalue weighted by Gasteiger charge is -2.04. The Morgan fingerprint density at radius 1 is 1.20 bits per heavy atom. The summed E-state index contributed by atoms with van der Waals surface area (Å²) < 4.78 is 0. The summed E-state index contributed by atoms with van der Waals surface area (Å²) in [7, 11) is 0. The molecule has 0 spiro atoms. The topological polar surface area (TPSA) is 76.7 Å². The van der Waals surface area contributed by atoms with Gasteiger partial charge in [0.25, 0.3) is 0 Å². The van der Waals surface area contributed by atoms with Crippen LogP contribution in [0.1, 0.15) is 5.56 Å². The van der Waals surface area contributed by atoms with E-state index in [4.69, 9.17) is 5.73 Å². The van der Waals surface area contributed by atoms with E-state index in [0.717, 1.165) is 11.4 Å². The summed E-state index contributed by atoms with van der Waals surface area (Å²) in [5.74, 6) is 1.18. The summed E-state index contributed by atoms with van der Waals surface area (Å²) in [5, 5.41) is 3.14. The van der Waals surface area contributed by atoms with Gasteiger partial charge in [0.05, 0.1) is 0 Å². The van der Waals surface area contributed by atoms with Crippen molar-refractivity contribution in [2.75, 3.05) is 11.1 Å². The van der Waals surface area contributed by atoms with Crippen molar-refractivity contribution >= 4 is 11.6 Å². The number of nitrogens with two attached hydrogens (primary N) is 1. The fraction of sp³-hybridized carbons (Fsp3) is 0.100. The van der Waals surface area contributed by atoms with Crippen LogP contribution in [-0.2, 0) is 6.54 Å². The lowest BCUT2D eigenvalue weighted by molar-refractivity contribution is 1.08. The molecule has 0 amide bonds. The van der Waals surface area contributed by atoms with Gasteiger partial charge in [0, 0.05) is 25.0 Å². The molecular formula is C10H11N5. The number of aromatic nitrogens is 3. The SMILES string of the molecule is Nc1cc(NCc2ccncc2)ncn1. The summed E-state index contributed by atoms with van der Waals surface area (Å²) in [4.78, 5) is 11.8. The molecule has 0 bridgehead atoms. The highest BCUT2D eigenvalue weighted by molar-refractivity contribution is 5.43. The maximum atomic E-state index is 5.53. The summed E-state index contributed by atoms with van der Waals surface area (Å²) in [6, 6.07) is 5.58. The maximum absolute atomic E-state index is 5.53. The lowest BCUT2D eigenvalue weighted by atomic mass is 10.3. The molecule has 2 aromatic rings. The Morgan fingerprint density at radius 3 is 2.73 bits per heavy atom. The second-order valence-electron chi connectivity index (χ2n) is 3.04. The average Bonchev–Trinajstić information content (AvgIpc) is 2.28. The molecule has 0 radical (unpaired) electrons. The number of hydrogen-bond acceptors (Lipinski definition) is 5. The van der Waals surface area contributed by atoms with Gasteiger partial charge in [-0.05, 0) is 17.7 Å². The molecule has 15 heavy (non-hydrogen) atoms. The third-order valence-corrected chi connectivity index (χ3v) is 1.91. The van der Waals surface area contributed by atoms with Crippen molar-refractivity contribution < 1.29 is 0 Å². The number of anilines is 2. The molecule has 0 aliphatic carbocycles. The summed E-state index contributed by atoms with van der Waals surface area (Å²) in [5.41, 5.74) is 6.67. The van der Waals surface area contributed by atoms with Crippen LogP contribution in [0.2, 0.25) is 0 Å². The Hall–Kier alpha value is -2.17. The number of pyridine rings is 1. The first-order valence-corrected chi connectivity index (χ1v) is 4.55. The first-order chi connectivity index (χ1) is 7.34. The highest BCUT2D eigenvalue weighted by Crippen LogP contribution is 2.06.